The summed E-state index contributed by atoms with van der Waals surface area (Å²) in [6.45, 7) is 6.85. The summed E-state index contributed by atoms with van der Waals surface area (Å²) in [5, 5.41) is 6.05. The summed E-state index contributed by atoms with van der Waals surface area (Å²) < 4.78 is 4.74. The van der Waals surface area contributed by atoms with Gasteiger partial charge in [0.05, 0.1) is 25.3 Å². The van der Waals surface area contributed by atoms with Crippen LogP contribution in [0.15, 0.2) is 72.8 Å². The molecule has 1 fully saturated rings. The lowest BCUT2D eigenvalue weighted by Gasteiger charge is -2.41. The van der Waals surface area contributed by atoms with Gasteiger partial charge in [-0.2, -0.15) is 0 Å². The molecule has 9 nitrogen and oxygen atoms in total. The Balaban J connectivity index is 1.36. The van der Waals surface area contributed by atoms with Crippen molar-refractivity contribution in [1.29, 1.82) is 0 Å². The molecule has 0 radical (unpaired) electrons. The highest BCUT2D eigenvalue weighted by Crippen LogP contribution is 2.30. The van der Waals surface area contributed by atoms with E-state index in [-0.39, 0.29) is 42.9 Å². The molecule has 1 heterocycles. The Morgan fingerprint density at radius 3 is 2.23 bits per heavy atom. The maximum atomic E-state index is 14.0. The van der Waals surface area contributed by atoms with E-state index in [0.717, 1.165) is 30.4 Å². The normalized spacial score (nSPS) is 18.2. The number of piperazine rings is 1. The number of aryl methyl sites for hydroxylation is 1. The van der Waals surface area contributed by atoms with Crippen LogP contribution in [0.4, 0.5) is 10.5 Å². The zero-order valence-electron chi connectivity index (χ0n) is 25.8. The van der Waals surface area contributed by atoms with Gasteiger partial charge in [0.25, 0.3) is 5.91 Å². The van der Waals surface area contributed by atoms with Gasteiger partial charge in [-0.25, -0.2) is 9.59 Å². The summed E-state index contributed by atoms with van der Waals surface area (Å²) in [4.78, 5) is 56.0. The Hall–Kier alpha value is -4.66. The minimum Gasteiger partial charge on any atom is -0.465 e. The van der Waals surface area contributed by atoms with Gasteiger partial charge in [-0.3, -0.25) is 9.59 Å². The van der Waals surface area contributed by atoms with E-state index in [1.54, 1.807) is 34.1 Å². The van der Waals surface area contributed by atoms with Crippen LogP contribution in [0.25, 0.3) is 0 Å². The number of fused-ring (bicyclic) bond motifs is 1. The third kappa shape index (κ3) is 6.77. The number of ether oxygens (including phenoxy) is 1. The van der Waals surface area contributed by atoms with E-state index in [1.807, 2.05) is 42.5 Å². The van der Waals surface area contributed by atoms with Crippen LogP contribution in [0.5, 0.6) is 0 Å². The lowest BCUT2D eigenvalue weighted by Crippen LogP contribution is -2.62. The van der Waals surface area contributed by atoms with Gasteiger partial charge in [-0.1, -0.05) is 57.2 Å². The smallest absolute Gasteiger partial charge is 0.337 e. The molecule has 5 rings (SSSR count). The number of anilines is 1. The van der Waals surface area contributed by atoms with Crippen LogP contribution < -0.4 is 10.6 Å². The molecular formula is C35H40N4O5. The number of carbonyl (C=O) groups is 4. The highest BCUT2D eigenvalue weighted by atomic mass is 16.5. The van der Waals surface area contributed by atoms with Crippen LogP contribution in [0, 0.1) is 0 Å². The van der Waals surface area contributed by atoms with E-state index >= 15 is 0 Å². The zero-order valence-corrected chi connectivity index (χ0v) is 25.8. The molecule has 4 amide bonds. The van der Waals surface area contributed by atoms with Crippen molar-refractivity contribution < 1.29 is 23.9 Å². The fourth-order valence-corrected chi connectivity index (χ4v) is 5.90. The predicted octanol–water partition coefficient (Wildman–Crippen LogP) is 5.32. The Labute approximate surface area is 258 Å². The molecule has 0 bridgehead atoms. The van der Waals surface area contributed by atoms with Crippen molar-refractivity contribution in [3.63, 3.8) is 0 Å². The molecule has 9 heteroatoms. The molecule has 44 heavy (non-hydrogen) atoms. The lowest BCUT2D eigenvalue weighted by atomic mass is 9.86. The second kappa shape index (κ2) is 12.9. The van der Waals surface area contributed by atoms with Gasteiger partial charge < -0.3 is 25.2 Å². The Morgan fingerprint density at radius 2 is 1.55 bits per heavy atom. The van der Waals surface area contributed by atoms with E-state index in [2.05, 4.69) is 37.5 Å². The van der Waals surface area contributed by atoms with Crippen LogP contribution in [0.1, 0.15) is 77.1 Å². The summed E-state index contributed by atoms with van der Waals surface area (Å²) in [5.74, 6) is -0.995. The average molecular weight is 597 g/mol. The number of hydrogen-bond donors (Lipinski definition) is 2. The van der Waals surface area contributed by atoms with Crippen molar-refractivity contribution in [2.24, 2.45) is 0 Å². The Bertz CT molecular complexity index is 1530. The highest BCUT2D eigenvalue weighted by molar-refractivity contribution is 5.99. The summed E-state index contributed by atoms with van der Waals surface area (Å²) in [6.07, 6.45) is 2.73. The molecule has 1 saturated heterocycles. The monoisotopic (exact) mass is 596 g/mol. The third-order valence-electron chi connectivity index (χ3n) is 8.47. The van der Waals surface area contributed by atoms with E-state index in [1.165, 1.54) is 12.7 Å². The van der Waals surface area contributed by atoms with Crippen LogP contribution in [0.2, 0.25) is 0 Å². The number of carbonyl (C=O) groups excluding carboxylic acids is 4. The molecule has 3 aromatic carbocycles. The molecule has 3 aromatic rings. The van der Waals surface area contributed by atoms with Gasteiger partial charge in [0.15, 0.2) is 0 Å². The second-order valence-electron chi connectivity index (χ2n) is 12.4. The number of amides is 4. The minimum atomic E-state index is -0.875. The molecule has 2 aliphatic rings. The number of nitrogens with one attached hydrogen (secondary N) is 2. The summed E-state index contributed by atoms with van der Waals surface area (Å²) in [5.41, 5.74) is 4.75. The topological polar surface area (TPSA) is 108 Å². The number of hydrogen-bond acceptors (Lipinski definition) is 5. The lowest BCUT2D eigenvalue weighted by molar-refractivity contribution is -0.128. The van der Waals surface area contributed by atoms with Gasteiger partial charge in [-0.15, -0.1) is 0 Å². The van der Waals surface area contributed by atoms with Crippen molar-refractivity contribution in [2.75, 3.05) is 32.1 Å². The van der Waals surface area contributed by atoms with Gasteiger partial charge in [0.2, 0.25) is 5.91 Å². The number of benzene rings is 3. The van der Waals surface area contributed by atoms with Gasteiger partial charge in [0.1, 0.15) is 6.04 Å². The Kier molecular flexibility index (Phi) is 9.04. The SMILES string of the molecule is COC(=O)c1ccc(NC(=O)N2CCN(C(=O)c3ccc(C(C)(C)C)cc3)C(C(=O)NC3CCCc4ccccc43)C2)cc1. The molecule has 2 N–H and O–H groups in total. The van der Waals surface area contributed by atoms with Crippen molar-refractivity contribution in [2.45, 2.75) is 57.5 Å². The summed E-state index contributed by atoms with van der Waals surface area (Å²) >= 11 is 0. The minimum absolute atomic E-state index is 0.0398. The van der Waals surface area contributed by atoms with Gasteiger partial charge in [0, 0.05) is 24.3 Å². The van der Waals surface area contributed by atoms with Crippen molar-refractivity contribution in [3.05, 3.63) is 101 Å². The largest absolute Gasteiger partial charge is 0.465 e. The molecule has 0 saturated carbocycles. The molecular weight excluding hydrogens is 556 g/mol. The molecule has 1 aliphatic heterocycles. The molecule has 2 atom stereocenters. The van der Waals surface area contributed by atoms with Crippen molar-refractivity contribution in [3.8, 4) is 0 Å². The fraction of sp³-hybridized carbons (Fsp3) is 0.371. The van der Waals surface area contributed by atoms with Crippen LogP contribution in [-0.2, 0) is 21.4 Å². The van der Waals surface area contributed by atoms with E-state index in [4.69, 9.17) is 4.74 Å². The van der Waals surface area contributed by atoms with Crippen LogP contribution >= 0.6 is 0 Å². The highest BCUT2D eigenvalue weighted by Gasteiger charge is 2.38. The predicted molar refractivity (Wildman–Crippen MR) is 169 cm³/mol. The molecule has 1 aliphatic carbocycles. The first-order valence-electron chi connectivity index (χ1n) is 15.1. The number of esters is 1. The van der Waals surface area contributed by atoms with Crippen LogP contribution in [0.3, 0.4) is 0 Å². The fourth-order valence-electron chi connectivity index (χ4n) is 5.90. The van der Waals surface area contributed by atoms with E-state index < -0.39 is 18.0 Å². The first-order valence-corrected chi connectivity index (χ1v) is 15.1. The number of urea groups is 1. The summed E-state index contributed by atoms with van der Waals surface area (Å²) in [7, 11) is 1.31. The average Bonchev–Trinajstić information content (AvgIpc) is 3.04. The number of rotatable bonds is 5. The molecule has 2 unspecified atom stereocenters. The second-order valence-corrected chi connectivity index (χ2v) is 12.4. The maximum Gasteiger partial charge on any atom is 0.337 e. The molecule has 0 aromatic heterocycles. The third-order valence-corrected chi connectivity index (χ3v) is 8.47. The summed E-state index contributed by atoms with van der Waals surface area (Å²) in [6, 6.07) is 20.6. The zero-order chi connectivity index (χ0) is 31.4. The number of nitrogens with zero attached hydrogens (tertiary/aromatic N) is 2. The first-order chi connectivity index (χ1) is 21.0. The molecule has 0 spiro atoms. The molecule has 230 valence electrons. The Morgan fingerprint density at radius 1 is 0.864 bits per heavy atom. The van der Waals surface area contributed by atoms with Gasteiger partial charge >= 0.3 is 12.0 Å². The van der Waals surface area contributed by atoms with E-state index in [9.17, 15) is 19.2 Å². The first kappa shape index (κ1) is 30.8. The van der Waals surface area contributed by atoms with Gasteiger partial charge in [-0.05, 0) is 77.8 Å². The quantitative estimate of drug-likeness (QED) is 0.388. The maximum absolute atomic E-state index is 14.0. The van der Waals surface area contributed by atoms with Crippen molar-refractivity contribution in [1.82, 2.24) is 15.1 Å². The number of methoxy groups -OCH3 is 1. The van der Waals surface area contributed by atoms with Crippen LogP contribution in [-0.4, -0.2) is 66.4 Å². The van der Waals surface area contributed by atoms with E-state index in [0.29, 0.717) is 16.8 Å². The van der Waals surface area contributed by atoms with Crippen molar-refractivity contribution >= 4 is 29.5 Å². The standard InChI is InChI=1S/C35H40N4O5/c1-35(2,3)26-16-12-24(13-17-26)32(41)39-21-20-38(34(43)36-27-18-14-25(15-19-27)33(42)44-4)22-30(39)31(40)37-29-11-7-9-23-8-5-6-10-28(23)29/h5-6,8,10,12-19,29-30H,7,9,11,20-22H2,1-4H3,(H,36,43)(H,37,40).